The fourth-order valence-electron chi connectivity index (χ4n) is 1.86. The average molecular weight is 388 g/mol. The van der Waals surface area contributed by atoms with E-state index in [1.54, 1.807) is 48.5 Å². The molecule has 0 amide bonds. The molecule has 0 saturated heterocycles. The average Bonchev–Trinajstić information content (AvgIpc) is 2.37. The molecule has 0 saturated carbocycles. The molecule has 20 heavy (non-hydrogen) atoms. The first-order valence-corrected chi connectivity index (χ1v) is 12.4. The maximum absolute atomic E-state index is 12.0. The second-order valence-corrected chi connectivity index (χ2v) is 13.5. The molecular weight excluding hydrogens is 380 g/mol. The first-order chi connectivity index (χ1) is 9.21. The predicted molar refractivity (Wildman–Crippen MR) is 89.8 cm³/mol. The Labute approximate surface area is 135 Å². The van der Waals surface area contributed by atoms with E-state index in [-0.39, 0.29) is 10.6 Å². The highest BCUT2D eigenvalue weighted by atomic mass is 35.9. The largest absolute Gasteiger partial charge is 0.284 e. The Balaban J connectivity index is 2.78. The number of benzene rings is 2. The van der Waals surface area contributed by atoms with Crippen molar-refractivity contribution in [1.82, 2.24) is 0 Å². The molecule has 0 bridgehead atoms. The van der Waals surface area contributed by atoms with Crippen LogP contribution in [0.4, 0.5) is 0 Å². The molecule has 0 heterocycles. The van der Waals surface area contributed by atoms with Crippen molar-refractivity contribution >= 4 is 67.3 Å². The summed E-state index contributed by atoms with van der Waals surface area (Å²) in [4.78, 5) is 0. The molecule has 0 aromatic heterocycles. The van der Waals surface area contributed by atoms with Crippen molar-refractivity contribution in [2.24, 2.45) is 0 Å². The summed E-state index contributed by atoms with van der Waals surface area (Å²) < 4.78 is 23.9. The summed E-state index contributed by atoms with van der Waals surface area (Å²) in [5, 5.41) is 0.523. The van der Waals surface area contributed by atoms with E-state index >= 15 is 0 Å². The van der Waals surface area contributed by atoms with E-state index < -0.39 is 11.7 Å². The van der Waals surface area contributed by atoms with E-state index in [1.807, 2.05) is 0 Å². The van der Waals surface area contributed by atoms with Crippen molar-refractivity contribution in [1.29, 1.82) is 0 Å². The minimum atomic E-state index is -3.52. The smallest absolute Gasteiger partial charge is 0.282 e. The van der Waals surface area contributed by atoms with Gasteiger partial charge >= 0.3 is 0 Å². The molecule has 0 aliphatic carbocycles. The van der Waals surface area contributed by atoms with Crippen molar-refractivity contribution in [3.05, 3.63) is 48.5 Å². The van der Waals surface area contributed by atoms with Crippen LogP contribution in [0.5, 0.6) is 0 Å². The van der Waals surface area contributed by atoms with Crippen LogP contribution in [0, 0.1) is 0 Å². The zero-order chi connectivity index (χ0) is 15.0. The lowest BCUT2D eigenvalue weighted by molar-refractivity contribution is 0.596. The van der Waals surface area contributed by atoms with E-state index in [2.05, 4.69) is 0 Å². The minimum absolute atomic E-state index is 0.262. The topological polar surface area (TPSA) is 34.1 Å². The van der Waals surface area contributed by atoms with Crippen molar-refractivity contribution < 1.29 is 9.13 Å². The Hall–Kier alpha value is 0.0600. The Kier molecular flexibility index (Phi) is 4.97. The molecule has 2 rings (SSSR count). The van der Waals surface area contributed by atoms with Crippen LogP contribution in [-0.4, -0.2) is 0 Å². The van der Waals surface area contributed by atoms with Crippen LogP contribution in [0.3, 0.4) is 0 Å². The van der Waals surface area contributed by atoms with Crippen LogP contribution >= 0.6 is 56.7 Å². The number of hydrogen-bond donors (Lipinski definition) is 0. The summed E-state index contributed by atoms with van der Waals surface area (Å²) in [6, 6.07) is 13.3. The van der Waals surface area contributed by atoms with Gasteiger partial charge in [0.05, 0.1) is 0 Å². The molecule has 106 valence electrons. The molecule has 2 aromatic carbocycles. The first-order valence-electron chi connectivity index (χ1n) is 5.39. The third kappa shape index (κ3) is 3.63. The maximum atomic E-state index is 12.0. The summed E-state index contributed by atoms with van der Waals surface area (Å²) in [6.45, 7) is 0. The zero-order valence-electron chi connectivity index (χ0n) is 9.84. The van der Waals surface area contributed by atoms with Gasteiger partial charge in [-0.1, -0.05) is 36.4 Å². The quantitative estimate of drug-likeness (QED) is 0.610. The zero-order valence-corrected chi connectivity index (χ0v) is 14.7. The van der Waals surface area contributed by atoms with Crippen LogP contribution in [0.1, 0.15) is 0 Å². The lowest BCUT2D eigenvalue weighted by Gasteiger charge is -2.14. The lowest BCUT2D eigenvalue weighted by Crippen LogP contribution is -2.09. The Morgan fingerprint density at radius 1 is 0.600 bits per heavy atom. The minimum Gasteiger partial charge on any atom is -0.284 e. The molecule has 0 atom stereocenters. The number of halogens is 4. The second kappa shape index (κ2) is 6.05. The highest BCUT2D eigenvalue weighted by Crippen LogP contribution is 2.59. The molecule has 0 aliphatic rings. The van der Waals surface area contributed by atoms with Crippen LogP contribution in [0.25, 0.3) is 11.1 Å². The molecule has 0 radical (unpaired) electrons. The highest BCUT2D eigenvalue weighted by molar-refractivity contribution is 8.14. The Morgan fingerprint density at radius 2 is 0.900 bits per heavy atom. The molecule has 0 N–H and O–H groups in total. The third-order valence-electron chi connectivity index (χ3n) is 2.66. The van der Waals surface area contributed by atoms with Gasteiger partial charge < -0.3 is 0 Å². The Morgan fingerprint density at radius 3 is 1.20 bits per heavy atom. The molecule has 0 unspecified atom stereocenters. The van der Waals surface area contributed by atoms with Gasteiger partial charge in [-0.3, -0.25) is 9.13 Å². The first kappa shape index (κ1) is 16.4. The standard InChI is InChI=1S/C12H8Cl4O2P2/c13-19(14,17)11-7-3-1-5-9(11)10-6-2-4-8-12(10)20(15,16)18/h1-8H. The van der Waals surface area contributed by atoms with E-state index in [0.29, 0.717) is 11.1 Å². The van der Waals surface area contributed by atoms with E-state index in [0.717, 1.165) is 0 Å². The van der Waals surface area contributed by atoms with Crippen LogP contribution in [0.2, 0.25) is 0 Å². The van der Waals surface area contributed by atoms with Gasteiger partial charge in [0.25, 0.3) is 11.7 Å². The number of rotatable bonds is 3. The molecule has 0 fully saturated rings. The Bertz CT molecular complexity index is 672. The van der Waals surface area contributed by atoms with Gasteiger partial charge in [0.2, 0.25) is 0 Å². The summed E-state index contributed by atoms with van der Waals surface area (Å²) in [5.41, 5.74) is 0.996. The number of hydrogen-bond acceptors (Lipinski definition) is 2. The monoisotopic (exact) mass is 386 g/mol. The molecule has 0 spiro atoms. The van der Waals surface area contributed by atoms with Crippen LogP contribution in [-0.2, 0) is 9.13 Å². The SMILES string of the molecule is O=P(Cl)(Cl)c1ccccc1-c1ccccc1P(=O)(Cl)Cl. The molecule has 8 heteroatoms. The van der Waals surface area contributed by atoms with E-state index in [9.17, 15) is 9.13 Å². The van der Waals surface area contributed by atoms with Gasteiger partial charge in [0, 0.05) is 10.6 Å². The van der Waals surface area contributed by atoms with Gasteiger partial charge in [-0.25, -0.2) is 0 Å². The van der Waals surface area contributed by atoms with Gasteiger partial charge in [-0.05, 0) is 68.2 Å². The highest BCUT2D eigenvalue weighted by Gasteiger charge is 2.27. The maximum Gasteiger partial charge on any atom is 0.282 e. The molecule has 2 aromatic rings. The van der Waals surface area contributed by atoms with Gasteiger partial charge in [0.15, 0.2) is 0 Å². The van der Waals surface area contributed by atoms with Gasteiger partial charge in [-0.15, -0.1) is 0 Å². The fourth-order valence-corrected chi connectivity index (χ4v) is 5.10. The van der Waals surface area contributed by atoms with Gasteiger partial charge in [-0.2, -0.15) is 0 Å². The summed E-state index contributed by atoms with van der Waals surface area (Å²) in [5.74, 6) is -7.05. The van der Waals surface area contributed by atoms with Gasteiger partial charge in [0.1, 0.15) is 0 Å². The molecular formula is C12H8Cl4O2P2. The lowest BCUT2D eigenvalue weighted by atomic mass is 10.1. The molecule has 0 aliphatic heterocycles. The fraction of sp³-hybridized carbons (Fsp3) is 0. The normalized spacial score (nSPS) is 12.4. The van der Waals surface area contributed by atoms with Crippen molar-refractivity contribution in [2.75, 3.05) is 0 Å². The second-order valence-electron chi connectivity index (χ2n) is 3.96. The van der Waals surface area contributed by atoms with E-state index in [4.69, 9.17) is 45.0 Å². The van der Waals surface area contributed by atoms with Crippen molar-refractivity contribution in [3.63, 3.8) is 0 Å². The van der Waals surface area contributed by atoms with Crippen molar-refractivity contribution in [2.45, 2.75) is 0 Å². The van der Waals surface area contributed by atoms with E-state index in [1.165, 1.54) is 0 Å². The predicted octanol–water partition coefficient (Wildman–Crippen LogP) is 5.95. The van der Waals surface area contributed by atoms with Crippen LogP contribution < -0.4 is 10.6 Å². The third-order valence-corrected chi connectivity index (χ3v) is 6.75. The summed E-state index contributed by atoms with van der Waals surface area (Å²) in [7, 11) is 0. The summed E-state index contributed by atoms with van der Waals surface area (Å²) >= 11 is 23.1. The summed E-state index contributed by atoms with van der Waals surface area (Å²) in [6.07, 6.45) is 0. The van der Waals surface area contributed by atoms with Crippen LogP contribution in [0.15, 0.2) is 48.5 Å². The molecule has 2 nitrogen and oxygen atoms in total. The van der Waals surface area contributed by atoms with Crippen molar-refractivity contribution in [3.8, 4) is 11.1 Å².